The van der Waals surface area contributed by atoms with Gasteiger partial charge >= 0.3 is 29.6 Å². The minimum Gasteiger partial charge on any atom is -0.442 e. The van der Waals surface area contributed by atoms with Gasteiger partial charge in [0.2, 0.25) is 0 Å². The monoisotopic (exact) mass is 350 g/mol. The number of rotatable bonds is 6. The summed E-state index contributed by atoms with van der Waals surface area (Å²) in [6.45, 7) is 4.31. The third-order valence-electron chi connectivity index (χ3n) is 4.80. The van der Waals surface area contributed by atoms with Crippen LogP contribution in [0.4, 0.5) is 0 Å². The van der Waals surface area contributed by atoms with Gasteiger partial charge in [0, 0.05) is 31.9 Å². The molecule has 0 aromatic carbocycles. The molecule has 1 aromatic rings. The predicted molar refractivity (Wildman–Crippen MR) is 95.8 cm³/mol. The van der Waals surface area contributed by atoms with Gasteiger partial charge < -0.3 is 20.4 Å². The Kier molecular flexibility index (Phi) is 9.13. The maximum Gasteiger partial charge on any atom is 1.00 e. The average Bonchev–Trinajstić information content (AvgIpc) is 2.65. The Labute approximate surface area is 173 Å². The van der Waals surface area contributed by atoms with Gasteiger partial charge in [0.05, 0.1) is 13.2 Å². The molecule has 1 aromatic heterocycles. The molecular formula is C19H27N4NaO. The fourth-order valence-corrected chi connectivity index (χ4v) is 3.40. The van der Waals surface area contributed by atoms with Crippen molar-refractivity contribution in [1.82, 2.24) is 15.2 Å². The summed E-state index contributed by atoms with van der Waals surface area (Å²) in [5, 5.41) is 11.2. The maximum atomic E-state index is 7.79. The topological polar surface area (TPSA) is 61.2 Å². The van der Waals surface area contributed by atoms with E-state index in [0.717, 1.165) is 49.7 Å². The van der Waals surface area contributed by atoms with Crippen molar-refractivity contribution in [2.45, 2.75) is 44.7 Å². The minimum absolute atomic E-state index is 0. The van der Waals surface area contributed by atoms with Gasteiger partial charge in [-0.2, -0.15) is 0 Å². The van der Waals surface area contributed by atoms with Gasteiger partial charge in [0.15, 0.2) is 0 Å². The van der Waals surface area contributed by atoms with Crippen LogP contribution in [-0.4, -0.2) is 48.4 Å². The molecule has 2 N–H and O–H groups in total. The van der Waals surface area contributed by atoms with Gasteiger partial charge in [0.1, 0.15) is 0 Å². The fraction of sp³-hybridized carbons (Fsp3) is 0.579. The first-order chi connectivity index (χ1) is 11.9. The number of nitrogens with zero attached hydrogens (tertiary/aromatic N) is 2. The van der Waals surface area contributed by atoms with Crippen molar-refractivity contribution in [3.05, 3.63) is 35.8 Å². The van der Waals surface area contributed by atoms with Crippen LogP contribution < -0.4 is 34.9 Å². The van der Waals surface area contributed by atoms with E-state index in [1.165, 1.54) is 38.3 Å². The van der Waals surface area contributed by atoms with E-state index in [4.69, 9.17) is 10.1 Å². The van der Waals surface area contributed by atoms with E-state index in [0.29, 0.717) is 6.04 Å². The summed E-state index contributed by atoms with van der Waals surface area (Å²) in [6.07, 6.45) is 12.7. The number of morpholine rings is 1. The van der Waals surface area contributed by atoms with Crippen molar-refractivity contribution in [2.24, 2.45) is 0 Å². The smallest absolute Gasteiger partial charge is 0.442 e. The van der Waals surface area contributed by atoms with Crippen LogP contribution >= 0.6 is 0 Å². The summed E-state index contributed by atoms with van der Waals surface area (Å²) in [6, 6.07) is 4.55. The Hall–Kier alpha value is -0.720. The summed E-state index contributed by atoms with van der Waals surface area (Å²) in [4.78, 5) is 6.91. The molecule has 2 aliphatic rings. The SMILES string of the molecule is N=CC(=[C-]NC1CCCCC1)c1ncccc1CN1CCOCC1.[Na+]. The summed E-state index contributed by atoms with van der Waals surface area (Å²) in [7, 11) is 0. The van der Waals surface area contributed by atoms with Crippen molar-refractivity contribution < 1.29 is 34.3 Å². The zero-order valence-corrected chi connectivity index (χ0v) is 17.3. The summed E-state index contributed by atoms with van der Waals surface area (Å²) in [5.41, 5.74) is 2.75. The molecule has 6 heteroatoms. The molecule has 0 unspecified atom stereocenters. The molecule has 0 atom stereocenters. The van der Waals surface area contributed by atoms with Crippen LogP contribution in [0, 0.1) is 11.6 Å². The van der Waals surface area contributed by atoms with E-state index in [1.807, 2.05) is 6.07 Å². The quantitative estimate of drug-likeness (QED) is 0.318. The van der Waals surface area contributed by atoms with E-state index >= 15 is 0 Å². The first-order valence-electron chi connectivity index (χ1n) is 9.00. The molecule has 1 aliphatic heterocycles. The molecule has 2 heterocycles. The van der Waals surface area contributed by atoms with E-state index in [1.54, 1.807) is 6.20 Å². The van der Waals surface area contributed by atoms with Crippen LogP contribution in [0.15, 0.2) is 18.3 Å². The molecule has 3 rings (SSSR count). The molecular weight excluding hydrogens is 323 g/mol. The summed E-state index contributed by atoms with van der Waals surface area (Å²) in [5.74, 6) is 0. The number of hydrogen-bond acceptors (Lipinski definition) is 5. The third-order valence-corrected chi connectivity index (χ3v) is 4.80. The van der Waals surface area contributed by atoms with Crippen LogP contribution in [0.5, 0.6) is 0 Å². The fourth-order valence-electron chi connectivity index (χ4n) is 3.40. The minimum atomic E-state index is 0. The molecule has 130 valence electrons. The molecule has 25 heavy (non-hydrogen) atoms. The van der Waals surface area contributed by atoms with Crippen molar-refractivity contribution in [3.8, 4) is 0 Å². The van der Waals surface area contributed by atoms with Crippen molar-refractivity contribution in [2.75, 3.05) is 26.3 Å². The zero-order valence-electron chi connectivity index (χ0n) is 15.3. The molecule has 0 amide bonds. The van der Waals surface area contributed by atoms with E-state index < -0.39 is 0 Å². The Bertz CT molecular complexity index is 566. The van der Waals surface area contributed by atoms with Gasteiger partial charge in [-0.3, -0.25) is 4.90 Å². The van der Waals surface area contributed by atoms with Crippen molar-refractivity contribution in [3.63, 3.8) is 0 Å². The normalized spacial score (nSPS) is 19.9. The molecule has 2 fully saturated rings. The number of hydrogen-bond donors (Lipinski definition) is 2. The van der Waals surface area contributed by atoms with E-state index in [-0.39, 0.29) is 29.6 Å². The van der Waals surface area contributed by atoms with Crippen molar-refractivity contribution >= 4 is 11.8 Å². The van der Waals surface area contributed by atoms with Gasteiger partial charge in [0.25, 0.3) is 0 Å². The van der Waals surface area contributed by atoms with Crippen LogP contribution in [0.25, 0.3) is 5.57 Å². The molecule has 0 radical (unpaired) electrons. The second-order valence-electron chi connectivity index (χ2n) is 6.56. The second-order valence-corrected chi connectivity index (χ2v) is 6.56. The average molecular weight is 350 g/mol. The molecule has 1 saturated carbocycles. The number of ether oxygens (including phenoxy) is 1. The Morgan fingerprint density at radius 1 is 1.32 bits per heavy atom. The largest absolute Gasteiger partial charge is 1.00 e. The van der Waals surface area contributed by atoms with Gasteiger partial charge in [-0.15, -0.1) is 5.57 Å². The molecule has 0 bridgehead atoms. The van der Waals surface area contributed by atoms with Crippen LogP contribution in [0.3, 0.4) is 0 Å². The zero-order chi connectivity index (χ0) is 16.6. The summed E-state index contributed by atoms with van der Waals surface area (Å²) < 4.78 is 5.42. The maximum absolute atomic E-state index is 7.79. The van der Waals surface area contributed by atoms with Crippen molar-refractivity contribution in [1.29, 1.82) is 5.41 Å². The standard InChI is InChI=1S/C19H27N4O.Na/c20-13-17(14-22-18-6-2-1-3-7-18)19-16(5-4-8-21-19)15-23-9-11-24-12-10-23;/h4-5,8,13,18,20,22H,1-3,6-7,9-12,15H2;/q-1;+1. The predicted octanol–water partition coefficient (Wildman–Crippen LogP) is -0.366. The third kappa shape index (κ3) is 6.19. The first-order valence-corrected chi connectivity index (χ1v) is 9.00. The first kappa shape index (κ1) is 20.6. The van der Waals surface area contributed by atoms with Crippen LogP contribution in [-0.2, 0) is 11.3 Å². The molecule has 0 spiro atoms. The van der Waals surface area contributed by atoms with Crippen LogP contribution in [0.1, 0.15) is 43.4 Å². The van der Waals surface area contributed by atoms with Gasteiger partial charge in [-0.1, -0.05) is 43.3 Å². The molecule has 1 aliphatic carbocycles. The number of allylic oxidation sites excluding steroid dienone is 1. The van der Waals surface area contributed by atoms with Gasteiger partial charge in [-0.25, -0.2) is 0 Å². The second kappa shape index (κ2) is 11.1. The Balaban J connectivity index is 0.00000225. The Morgan fingerprint density at radius 2 is 2.08 bits per heavy atom. The van der Waals surface area contributed by atoms with Crippen LogP contribution in [0.2, 0.25) is 0 Å². The molecule has 5 nitrogen and oxygen atoms in total. The Morgan fingerprint density at radius 3 is 2.80 bits per heavy atom. The number of aromatic nitrogens is 1. The van der Waals surface area contributed by atoms with E-state index in [2.05, 4.69) is 27.5 Å². The van der Waals surface area contributed by atoms with Gasteiger partial charge in [-0.05, 0) is 24.6 Å². The van der Waals surface area contributed by atoms with E-state index in [9.17, 15) is 0 Å². The summed E-state index contributed by atoms with van der Waals surface area (Å²) >= 11 is 0. The number of pyridine rings is 1. The molecule has 1 saturated heterocycles. The number of nitrogens with one attached hydrogen (secondary N) is 2.